The second-order valence-electron chi connectivity index (χ2n) is 3.74. The third-order valence-corrected chi connectivity index (χ3v) is 3.32. The Balaban J connectivity index is 2.30. The van der Waals surface area contributed by atoms with E-state index in [4.69, 9.17) is 5.11 Å². The Kier molecular flexibility index (Phi) is 1.64. The van der Waals surface area contributed by atoms with Crippen LogP contribution in [-0.2, 0) is 0 Å². The summed E-state index contributed by atoms with van der Waals surface area (Å²) in [5.74, 6) is -0.597. The monoisotopic (exact) mass is 223 g/mol. The van der Waals surface area contributed by atoms with Gasteiger partial charge in [0.1, 0.15) is 5.01 Å². The van der Waals surface area contributed by atoms with Crippen LogP contribution in [-0.4, -0.2) is 25.7 Å². The Morgan fingerprint density at radius 2 is 2.33 bits per heavy atom. The summed E-state index contributed by atoms with van der Waals surface area (Å²) in [7, 11) is 0. The van der Waals surface area contributed by atoms with Crippen LogP contribution in [0.25, 0.3) is 4.96 Å². The number of nitrogens with zero attached hydrogens (tertiary/aromatic N) is 3. The van der Waals surface area contributed by atoms with Gasteiger partial charge in [0.25, 0.3) is 0 Å². The minimum Gasteiger partial charge on any atom is -0.476 e. The van der Waals surface area contributed by atoms with Gasteiger partial charge in [-0.1, -0.05) is 11.3 Å². The van der Waals surface area contributed by atoms with E-state index in [0.29, 0.717) is 16.6 Å². The first-order valence-electron chi connectivity index (χ1n) is 4.76. The molecule has 1 aliphatic carbocycles. The molecule has 3 rings (SSSR count). The van der Waals surface area contributed by atoms with E-state index < -0.39 is 5.97 Å². The summed E-state index contributed by atoms with van der Waals surface area (Å²) in [5.41, 5.74) is 0.957. The number of hydrogen-bond acceptors (Lipinski definition) is 4. The zero-order chi connectivity index (χ0) is 10.6. The molecular formula is C9H9N3O2S. The van der Waals surface area contributed by atoms with E-state index in [1.54, 1.807) is 0 Å². The number of carboxylic acids is 1. The first-order chi connectivity index (χ1) is 7.16. The van der Waals surface area contributed by atoms with Crippen LogP contribution in [0.15, 0.2) is 0 Å². The van der Waals surface area contributed by atoms with Crippen molar-refractivity contribution in [3.05, 3.63) is 16.4 Å². The summed E-state index contributed by atoms with van der Waals surface area (Å²) in [6, 6.07) is 0. The molecule has 0 saturated heterocycles. The molecule has 15 heavy (non-hydrogen) atoms. The van der Waals surface area contributed by atoms with E-state index in [2.05, 4.69) is 10.1 Å². The maximum absolute atomic E-state index is 11.1. The molecule has 0 amide bonds. The molecule has 0 spiro atoms. The Labute approximate surface area is 89.4 Å². The van der Waals surface area contributed by atoms with Gasteiger partial charge in [0.15, 0.2) is 5.69 Å². The number of carbonyl (C=O) groups is 1. The van der Waals surface area contributed by atoms with Crippen LogP contribution in [0.3, 0.4) is 0 Å². The van der Waals surface area contributed by atoms with E-state index in [1.165, 1.54) is 15.9 Å². The topological polar surface area (TPSA) is 67.5 Å². The van der Waals surface area contributed by atoms with E-state index in [9.17, 15) is 4.79 Å². The third-order valence-electron chi connectivity index (χ3n) is 2.50. The average Bonchev–Trinajstić information content (AvgIpc) is 2.83. The minimum absolute atomic E-state index is 0.247. The number of rotatable bonds is 2. The molecule has 0 aromatic carbocycles. The summed E-state index contributed by atoms with van der Waals surface area (Å²) < 4.78 is 1.45. The van der Waals surface area contributed by atoms with Crippen LogP contribution in [0, 0.1) is 6.92 Å². The molecule has 0 radical (unpaired) electrons. The van der Waals surface area contributed by atoms with Gasteiger partial charge in [-0.25, -0.2) is 9.78 Å². The van der Waals surface area contributed by atoms with Gasteiger partial charge in [-0.3, -0.25) is 0 Å². The van der Waals surface area contributed by atoms with Crippen molar-refractivity contribution in [2.45, 2.75) is 25.7 Å². The fourth-order valence-corrected chi connectivity index (χ4v) is 2.45. The first kappa shape index (κ1) is 8.84. The maximum Gasteiger partial charge on any atom is 0.356 e. The molecule has 0 aliphatic heterocycles. The number of hydrogen-bond donors (Lipinski definition) is 1. The van der Waals surface area contributed by atoms with Crippen LogP contribution in [0.5, 0.6) is 0 Å². The molecule has 2 aromatic heterocycles. The lowest BCUT2D eigenvalue weighted by Gasteiger charge is -1.94. The van der Waals surface area contributed by atoms with Crippen molar-refractivity contribution in [2.24, 2.45) is 0 Å². The molecule has 5 nitrogen and oxygen atoms in total. The second-order valence-corrected chi connectivity index (χ2v) is 4.90. The zero-order valence-corrected chi connectivity index (χ0v) is 8.91. The number of aryl methyl sites for hydroxylation is 1. The van der Waals surface area contributed by atoms with Crippen LogP contribution >= 0.6 is 11.3 Å². The van der Waals surface area contributed by atoms with Gasteiger partial charge in [-0.2, -0.15) is 9.61 Å². The summed E-state index contributed by atoms with van der Waals surface area (Å²) in [6.07, 6.45) is 2.09. The quantitative estimate of drug-likeness (QED) is 0.841. The van der Waals surface area contributed by atoms with Crippen LogP contribution in [0.4, 0.5) is 0 Å². The largest absolute Gasteiger partial charge is 0.476 e. The molecule has 1 aliphatic rings. The van der Waals surface area contributed by atoms with Crippen molar-refractivity contribution < 1.29 is 9.90 Å². The van der Waals surface area contributed by atoms with Gasteiger partial charge in [0, 0.05) is 5.92 Å². The number of fused-ring (bicyclic) bond motifs is 1. The van der Waals surface area contributed by atoms with Crippen molar-refractivity contribution in [2.75, 3.05) is 0 Å². The second kappa shape index (κ2) is 2.79. The predicted octanol–water partition coefficient (Wildman–Crippen LogP) is 1.67. The molecule has 0 unspecified atom stereocenters. The van der Waals surface area contributed by atoms with Crippen molar-refractivity contribution >= 4 is 22.3 Å². The van der Waals surface area contributed by atoms with E-state index >= 15 is 0 Å². The van der Waals surface area contributed by atoms with Crippen LogP contribution in [0.2, 0.25) is 0 Å². The highest BCUT2D eigenvalue weighted by Gasteiger charge is 2.33. The standard InChI is InChI=1S/C9H9N3O2S/c1-4-11-12-7(8(13)14)6(5-2-3-5)10-9(12)15-4/h5H,2-3H2,1H3,(H,13,14). The fourth-order valence-electron chi connectivity index (χ4n) is 1.70. The van der Waals surface area contributed by atoms with Crippen LogP contribution in [0.1, 0.15) is 39.9 Å². The van der Waals surface area contributed by atoms with E-state index in [0.717, 1.165) is 17.8 Å². The van der Waals surface area contributed by atoms with Gasteiger partial charge in [0.05, 0.1) is 5.69 Å². The smallest absolute Gasteiger partial charge is 0.356 e. The number of imidazole rings is 1. The van der Waals surface area contributed by atoms with Crippen molar-refractivity contribution in [3.8, 4) is 0 Å². The fraction of sp³-hybridized carbons (Fsp3) is 0.444. The third kappa shape index (κ3) is 1.25. The summed E-state index contributed by atoms with van der Waals surface area (Å²) in [4.78, 5) is 16.2. The maximum atomic E-state index is 11.1. The molecule has 78 valence electrons. The molecular weight excluding hydrogens is 214 g/mol. The first-order valence-corrected chi connectivity index (χ1v) is 5.58. The normalized spacial score (nSPS) is 16.1. The molecule has 1 fully saturated rings. The summed E-state index contributed by atoms with van der Waals surface area (Å²) in [5, 5.41) is 14.1. The number of carboxylic acid groups (broad SMARTS) is 1. The Morgan fingerprint density at radius 1 is 1.60 bits per heavy atom. The molecule has 1 N–H and O–H groups in total. The van der Waals surface area contributed by atoms with Crippen LogP contribution < -0.4 is 0 Å². The van der Waals surface area contributed by atoms with Crippen molar-refractivity contribution in [1.29, 1.82) is 0 Å². The number of aromatic nitrogens is 3. The molecule has 2 aromatic rings. The number of aromatic carboxylic acids is 1. The minimum atomic E-state index is -0.935. The summed E-state index contributed by atoms with van der Waals surface area (Å²) in [6.45, 7) is 1.85. The van der Waals surface area contributed by atoms with Gasteiger partial charge < -0.3 is 5.11 Å². The van der Waals surface area contributed by atoms with E-state index in [1.807, 2.05) is 6.92 Å². The van der Waals surface area contributed by atoms with Gasteiger partial charge in [-0.15, -0.1) is 0 Å². The highest BCUT2D eigenvalue weighted by molar-refractivity contribution is 7.16. The Bertz CT molecular complexity index is 553. The molecule has 6 heteroatoms. The van der Waals surface area contributed by atoms with Crippen molar-refractivity contribution in [1.82, 2.24) is 14.6 Å². The molecule has 2 heterocycles. The van der Waals surface area contributed by atoms with Gasteiger partial charge in [0.2, 0.25) is 4.96 Å². The average molecular weight is 223 g/mol. The Hall–Kier alpha value is -1.43. The Morgan fingerprint density at radius 3 is 2.93 bits per heavy atom. The van der Waals surface area contributed by atoms with Crippen molar-refractivity contribution in [3.63, 3.8) is 0 Å². The highest BCUT2D eigenvalue weighted by Crippen LogP contribution is 2.41. The predicted molar refractivity (Wildman–Crippen MR) is 54.5 cm³/mol. The lowest BCUT2D eigenvalue weighted by molar-refractivity contribution is 0.0686. The lowest BCUT2D eigenvalue weighted by atomic mass is 10.2. The van der Waals surface area contributed by atoms with E-state index in [-0.39, 0.29) is 5.69 Å². The zero-order valence-electron chi connectivity index (χ0n) is 8.10. The lowest BCUT2D eigenvalue weighted by Crippen LogP contribution is -2.05. The van der Waals surface area contributed by atoms with Gasteiger partial charge in [-0.05, 0) is 19.8 Å². The molecule has 0 atom stereocenters. The molecule has 1 saturated carbocycles. The summed E-state index contributed by atoms with van der Waals surface area (Å²) >= 11 is 1.43. The SMILES string of the molecule is Cc1nn2c(C(=O)O)c(C3CC3)nc2s1. The molecule has 0 bridgehead atoms. The highest BCUT2D eigenvalue weighted by atomic mass is 32.1. The van der Waals surface area contributed by atoms with Gasteiger partial charge >= 0.3 is 5.97 Å².